The molecule has 4 rings (SSSR count). The standard InChI is InChI=1S/C26H27F4N5O2/c1-3-18-13-21(36)34-24(33-18)22-19(26(28,29)30)8-7-17(23(22)27)14-31-25(37)16-9-11-35(12-10-16)20-6-4-5-15(2)32-20/h4-8,13,16H,3,9-12,14H2,1-2H3,(H,31,37)(H,33,34,36). The number of anilines is 1. The van der Waals surface area contributed by atoms with Crippen LogP contribution in [0.2, 0.25) is 0 Å². The number of alkyl halides is 3. The van der Waals surface area contributed by atoms with Gasteiger partial charge in [0, 0.05) is 48.6 Å². The summed E-state index contributed by atoms with van der Waals surface area (Å²) in [5, 5.41) is 2.66. The molecule has 0 atom stereocenters. The number of aromatic amines is 1. The molecule has 0 unspecified atom stereocenters. The van der Waals surface area contributed by atoms with Crippen LogP contribution in [-0.2, 0) is 23.9 Å². The zero-order valence-electron chi connectivity index (χ0n) is 20.5. The van der Waals surface area contributed by atoms with E-state index in [0.717, 1.165) is 29.7 Å². The number of nitrogens with one attached hydrogen (secondary N) is 2. The van der Waals surface area contributed by atoms with Gasteiger partial charge in [-0.05, 0) is 44.4 Å². The predicted molar refractivity (Wildman–Crippen MR) is 130 cm³/mol. The maximum atomic E-state index is 15.5. The van der Waals surface area contributed by atoms with Crippen LogP contribution in [-0.4, -0.2) is 33.9 Å². The van der Waals surface area contributed by atoms with E-state index < -0.39 is 34.5 Å². The summed E-state index contributed by atoms with van der Waals surface area (Å²) >= 11 is 0. The Kier molecular flexibility index (Phi) is 7.60. The van der Waals surface area contributed by atoms with Crippen molar-refractivity contribution in [3.63, 3.8) is 0 Å². The summed E-state index contributed by atoms with van der Waals surface area (Å²) in [6, 6.07) is 8.63. The number of pyridine rings is 1. The van der Waals surface area contributed by atoms with Crippen molar-refractivity contribution in [1.82, 2.24) is 20.3 Å². The summed E-state index contributed by atoms with van der Waals surface area (Å²) in [4.78, 5) is 37.6. The summed E-state index contributed by atoms with van der Waals surface area (Å²) in [5.74, 6) is -1.45. The Balaban J connectivity index is 1.50. The zero-order chi connectivity index (χ0) is 26.7. The normalized spacial score (nSPS) is 14.6. The second-order valence-corrected chi connectivity index (χ2v) is 9.01. The number of carbonyl (C=O) groups excluding carboxylic acids is 1. The smallest absolute Gasteiger partial charge is 0.357 e. The number of nitrogens with zero attached hydrogens (tertiary/aromatic N) is 3. The molecule has 37 heavy (non-hydrogen) atoms. The molecule has 0 radical (unpaired) electrons. The molecule has 3 heterocycles. The van der Waals surface area contributed by atoms with Gasteiger partial charge in [0.25, 0.3) is 5.56 Å². The second-order valence-electron chi connectivity index (χ2n) is 9.01. The van der Waals surface area contributed by atoms with E-state index in [9.17, 15) is 22.8 Å². The largest absolute Gasteiger partial charge is 0.417 e. The average Bonchev–Trinajstić information content (AvgIpc) is 2.86. The van der Waals surface area contributed by atoms with E-state index >= 15 is 4.39 Å². The molecule has 7 nitrogen and oxygen atoms in total. The van der Waals surface area contributed by atoms with Crippen LogP contribution in [0.1, 0.15) is 42.3 Å². The number of aryl methyl sites for hydroxylation is 2. The van der Waals surface area contributed by atoms with Crippen LogP contribution >= 0.6 is 0 Å². The number of amides is 1. The Morgan fingerprint density at radius 3 is 2.54 bits per heavy atom. The molecule has 11 heteroatoms. The molecular weight excluding hydrogens is 490 g/mol. The van der Waals surface area contributed by atoms with Crippen LogP contribution in [0.3, 0.4) is 0 Å². The third kappa shape index (κ3) is 5.98. The van der Waals surface area contributed by atoms with E-state index in [0.29, 0.717) is 25.9 Å². The lowest BCUT2D eigenvalue weighted by Gasteiger charge is -2.32. The first-order chi connectivity index (χ1) is 17.6. The molecule has 0 aliphatic carbocycles. The highest BCUT2D eigenvalue weighted by Gasteiger charge is 2.37. The van der Waals surface area contributed by atoms with Crippen LogP contribution in [0.25, 0.3) is 11.4 Å². The number of halogens is 4. The van der Waals surface area contributed by atoms with E-state index in [1.54, 1.807) is 6.92 Å². The van der Waals surface area contributed by atoms with Crippen molar-refractivity contribution in [2.45, 2.75) is 45.8 Å². The monoisotopic (exact) mass is 517 g/mol. The molecule has 2 aromatic heterocycles. The van der Waals surface area contributed by atoms with Crippen molar-refractivity contribution in [3.05, 3.63) is 75.1 Å². The van der Waals surface area contributed by atoms with Gasteiger partial charge in [-0.25, -0.2) is 14.4 Å². The summed E-state index contributed by atoms with van der Waals surface area (Å²) < 4.78 is 56.5. The topological polar surface area (TPSA) is 91.0 Å². The summed E-state index contributed by atoms with van der Waals surface area (Å²) in [7, 11) is 0. The predicted octanol–water partition coefficient (Wildman–Crippen LogP) is 4.39. The fourth-order valence-corrected chi connectivity index (χ4v) is 4.43. The molecule has 1 fully saturated rings. The summed E-state index contributed by atoms with van der Waals surface area (Å²) in [6.45, 7) is 4.54. The first-order valence-corrected chi connectivity index (χ1v) is 12.0. The number of H-pyrrole nitrogens is 1. The third-order valence-corrected chi connectivity index (χ3v) is 6.44. The first-order valence-electron chi connectivity index (χ1n) is 12.0. The van der Waals surface area contributed by atoms with E-state index in [-0.39, 0.29) is 36.0 Å². The van der Waals surface area contributed by atoms with Gasteiger partial charge in [0.2, 0.25) is 5.91 Å². The van der Waals surface area contributed by atoms with Gasteiger partial charge >= 0.3 is 6.18 Å². The summed E-state index contributed by atoms with van der Waals surface area (Å²) in [5.41, 5.74) is -1.78. The molecule has 0 spiro atoms. The Hall–Kier alpha value is -3.76. The fourth-order valence-electron chi connectivity index (χ4n) is 4.43. The minimum atomic E-state index is -4.88. The van der Waals surface area contributed by atoms with Gasteiger partial charge in [-0.15, -0.1) is 0 Å². The molecule has 1 saturated heterocycles. The number of hydrogen-bond donors (Lipinski definition) is 2. The fraction of sp³-hybridized carbons (Fsp3) is 0.385. The molecular formula is C26H27F4N5O2. The highest BCUT2D eigenvalue weighted by atomic mass is 19.4. The van der Waals surface area contributed by atoms with Gasteiger partial charge in [-0.1, -0.05) is 19.1 Å². The van der Waals surface area contributed by atoms with Gasteiger partial charge in [0.05, 0.1) is 11.1 Å². The Morgan fingerprint density at radius 2 is 1.89 bits per heavy atom. The average molecular weight is 518 g/mol. The van der Waals surface area contributed by atoms with E-state index in [1.165, 1.54) is 0 Å². The van der Waals surface area contributed by atoms with Crippen LogP contribution in [0, 0.1) is 18.7 Å². The highest BCUT2D eigenvalue weighted by Crippen LogP contribution is 2.38. The van der Waals surface area contributed by atoms with Crippen molar-refractivity contribution >= 4 is 11.7 Å². The SMILES string of the molecule is CCc1cc(=O)[nH]c(-c2c(C(F)(F)F)ccc(CNC(=O)C3CCN(c4cccc(C)n4)CC3)c2F)n1. The minimum absolute atomic E-state index is 0.137. The lowest BCUT2D eigenvalue weighted by molar-refractivity contribution is -0.137. The molecule has 1 amide bonds. The maximum absolute atomic E-state index is 15.5. The summed E-state index contributed by atoms with van der Waals surface area (Å²) in [6.07, 6.45) is -3.46. The van der Waals surface area contributed by atoms with Crippen LogP contribution < -0.4 is 15.8 Å². The Bertz CT molecular complexity index is 1350. The molecule has 0 saturated carbocycles. The lowest BCUT2D eigenvalue weighted by Crippen LogP contribution is -2.40. The number of rotatable bonds is 6. The molecule has 3 aromatic rings. The molecule has 1 aliphatic rings. The van der Waals surface area contributed by atoms with Crippen LogP contribution in [0.15, 0.2) is 41.2 Å². The molecule has 2 N–H and O–H groups in total. The van der Waals surface area contributed by atoms with Crippen molar-refractivity contribution in [2.24, 2.45) is 5.92 Å². The minimum Gasteiger partial charge on any atom is -0.357 e. The molecule has 196 valence electrons. The van der Waals surface area contributed by atoms with Crippen molar-refractivity contribution in [1.29, 1.82) is 0 Å². The first kappa shape index (κ1) is 26.3. The maximum Gasteiger partial charge on any atom is 0.417 e. The van der Waals surface area contributed by atoms with E-state index in [1.807, 2.05) is 25.1 Å². The number of hydrogen-bond acceptors (Lipinski definition) is 5. The van der Waals surface area contributed by atoms with E-state index in [2.05, 4.69) is 25.2 Å². The van der Waals surface area contributed by atoms with Crippen molar-refractivity contribution < 1.29 is 22.4 Å². The van der Waals surface area contributed by atoms with Crippen molar-refractivity contribution in [2.75, 3.05) is 18.0 Å². The number of benzene rings is 1. The quantitative estimate of drug-likeness (QED) is 0.474. The van der Waals surface area contributed by atoms with Gasteiger partial charge in [0.1, 0.15) is 17.5 Å². The van der Waals surface area contributed by atoms with Gasteiger partial charge < -0.3 is 15.2 Å². The van der Waals surface area contributed by atoms with Crippen LogP contribution in [0.5, 0.6) is 0 Å². The number of carbonyl (C=O) groups is 1. The number of piperidine rings is 1. The second kappa shape index (κ2) is 10.7. The van der Waals surface area contributed by atoms with Crippen molar-refractivity contribution in [3.8, 4) is 11.4 Å². The molecule has 0 bridgehead atoms. The van der Waals surface area contributed by atoms with Gasteiger partial charge in [-0.3, -0.25) is 9.59 Å². The third-order valence-electron chi connectivity index (χ3n) is 6.44. The van der Waals surface area contributed by atoms with Gasteiger partial charge in [0.15, 0.2) is 0 Å². The molecule has 1 aromatic carbocycles. The lowest BCUT2D eigenvalue weighted by atomic mass is 9.95. The zero-order valence-corrected chi connectivity index (χ0v) is 20.5. The highest BCUT2D eigenvalue weighted by molar-refractivity contribution is 5.79. The molecule has 1 aliphatic heterocycles. The Labute approximate surface area is 211 Å². The van der Waals surface area contributed by atoms with Gasteiger partial charge in [-0.2, -0.15) is 13.2 Å². The number of aromatic nitrogens is 3. The van der Waals surface area contributed by atoms with E-state index in [4.69, 9.17) is 0 Å². The van der Waals surface area contributed by atoms with Crippen LogP contribution in [0.4, 0.5) is 23.4 Å². The Morgan fingerprint density at radius 1 is 1.16 bits per heavy atom.